The predicted molar refractivity (Wildman–Crippen MR) is 121 cm³/mol. The lowest BCUT2D eigenvalue weighted by Crippen LogP contribution is -2.39. The van der Waals surface area contributed by atoms with Crippen LogP contribution in [0, 0.1) is 5.41 Å². The maximum Gasteiger partial charge on any atom is 0.337 e. The smallest absolute Gasteiger partial charge is 0.337 e. The Morgan fingerprint density at radius 3 is 1.09 bits per heavy atom. The fraction of sp³-hybridized carbons (Fsp3) is 0.417. The normalized spacial score (nSPS) is 9.78. The van der Waals surface area contributed by atoms with Crippen molar-refractivity contribution in [2.75, 3.05) is 19.8 Å². The van der Waals surface area contributed by atoms with E-state index >= 15 is 0 Å². The third kappa shape index (κ3) is 13.0. The summed E-state index contributed by atoms with van der Waals surface area (Å²) in [7, 11) is 0. The molecule has 0 spiro atoms. The minimum Gasteiger partial charge on any atom is -0.461 e. The van der Waals surface area contributed by atoms with E-state index in [2.05, 4.69) is 37.6 Å². The second kappa shape index (κ2) is 15.4. The lowest BCUT2D eigenvalue weighted by atomic mass is 9.88. The first-order valence-electron chi connectivity index (χ1n) is 9.68. The van der Waals surface area contributed by atoms with E-state index in [4.69, 9.17) is 14.2 Å². The number of hydrogen-bond acceptors (Lipinski definition) is 8. The van der Waals surface area contributed by atoms with Gasteiger partial charge in [0.15, 0.2) is 0 Å². The zero-order chi connectivity index (χ0) is 25.5. The van der Waals surface area contributed by atoms with Crippen LogP contribution >= 0.6 is 0 Å². The Morgan fingerprint density at radius 1 is 0.656 bits per heavy atom. The van der Waals surface area contributed by atoms with Gasteiger partial charge in [0.2, 0.25) is 0 Å². The minimum atomic E-state index is -0.860. The Bertz CT molecular complexity index is 699. The van der Waals surface area contributed by atoms with Gasteiger partial charge in [0, 0.05) is 22.3 Å². The Kier molecular flexibility index (Phi) is 14.8. The van der Waals surface area contributed by atoms with E-state index in [1.165, 1.54) is 20.8 Å². The van der Waals surface area contributed by atoms with Crippen molar-refractivity contribution < 1.29 is 38.1 Å². The molecule has 0 atom stereocenters. The van der Waals surface area contributed by atoms with Crippen molar-refractivity contribution in [2.45, 2.75) is 41.0 Å². The molecule has 0 saturated heterocycles. The van der Waals surface area contributed by atoms with Gasteiger partial charge in [-0.3, -0.25) is 0 Å². The Hall–Kier alpha value is -3.42. The van der Waals surface area contributed by atoms with Gasteiger partial charge >= 0.3 is 23.9 Å². The highest BCUT2D eigenvalue weighted by molar-refractivity contribution is 5.88. The molecule has 32 heavy (non-hydrogen) atoms. The molecule has 0 aromatic rings. The average molecular weight is 451 g/mol. The van der Waals surface area contributed by atoms with Crippen LogP contribution in [-0.4, -0.2) is 43.7 Å². The fourth-order valence-corrected chi connectivity index (χ4v) is 1.63. The van der Waals surface area contributed by atoms with Gasteiger partial charge < -0.3 is 18.9 Å². The number of ether oxygens (including phenoxy) is 4. The fourth-order valence-electron chi connectivity index (χ4n) is 1.63. The molecule has 0 amide bonds. The number of carbonyl (C=O) groups excluding carboxylic acids is 4. The molecule has 0 aliphatic carbocycles. The average Bonchev–Trinajstić information content (AvgIpc) is 2.72. The van der Waals surface area contributed by atoms with Crippen molar-refractivity contribution in [3.05, 3.63) is 61.4 Å². The zero-order valence-corrected chi connectivity index (χ0v) is 19.7. The topological polar surface area (TPSA) is 105 Å². The second-order valence-electron chi connectivity index (χ2n) is 7.28. The quantitative estimate of drug-likeness (QED) is 0.190. The monoisotopic (exact) mass is 450 g/mol. The van der Waals surface area contributed by atoms with Gasteiger partial charge in [0.1, 0.15) is 19.8 Å². The molecule has 0 saturated carbocycles. The van der Waals surface area contributed by atoms with Crippen LogP contribution in [0.3, 0.4) is 0 Å². The molecule has 0 heterocycles. The van der Waals surface area contributed by atoms with E-state index < -0.39 is 29.3 Å². The predicted octanol–water partition coefficient (Wildman–Crippen LogP) is 3.99. The van der Waals surface area contributed by atoms with E-state index in [1.54, 1.807) is 6.92 Å². The number of hydrogen-bond donors (Lipinski definition) is 0. The highest BCUT2D eigenvalue weighted by Gasteiger charge is 2.34. The van der Waals surface area contributed by atoms with Crippen molar-refractivity contribution in [3.8, 4) is 0 Å². The van der Waals surface area contributed by atoms with Crippen LogP contribution in [0.2, 0.25) is 0 Å². The summed E-state index contributed by atoms with van der Waals surface area (Å²) >= 11 is 0. The molecule has 0 aliphatic rings. The molecule has 0 aromatic carbocycles. The largest absolute Gasteiger partial charge is 0.461 e. The summed E-state index contributed by atoms with van der Waals surface area (Å²) in [5.41, 5.74) is 0.264. The standard InChI is InChI=1S/C18H26O6.C6H8O2/c1-8-18(9-22-15(19)12(2)3,10-23-16(20)13(4)5)11-24-17(21)14(6)7;1-4-8-6(7)5(2)3/h2,4,6,8-11H2,1,3,5,7H3;4H,1-2H2,3H3. The molecule has 0 rings (SSSR count). The Balaban J connectivity index is 0. The number of rotatable bonds is 12. The molecule has 178 valence electrons. The summed E-state index contributed by atoms with van der Waals surface area (Å²) in [5, 5.41) is 0. The van der Waals surface area contributed by atoms with Gasteiger partial charge in [-0.2, -0.15) is 0 Å². The van der Waals surface area contributed by atoms with Crippen LogP contribution in [-0.2, 0) is 38.1 Å². The van der Waals surface area contributed by atoms with E-state index in [0.717, 1.165) is 6.26 Å². The molecule has 8 nitrogen and oxygen atoms in total. The van der Waals surface area contributed by atoms with Gasteiger partial charge in [-0.05, 0) is 34.1 Å². The molecule has 0 radical (unpaired) electrons. The summed E-state index contributed by atoms with van der Waals surface area (Å²) < 4.78 is 19.9. The zero-order valence-electron chi connectivity index (χ0n) is 19.7. The third-order valence-corrected chi connectivity index (χ3v) is 3.86. The lowest BCUT2D eigenvalue weighted by Gasteiger charge is -2.31. The van der Waals surface area contributed by atoms with Gasteiger partial charge in [-0.25, -0.2) is 19.2 Å². The molecule has 0 N–H and O–H groups in total. The Labute approximate surface area is 190 Å². The highest BCUT2D eigenvalue weighted by Crippen LogP contribution is 2.25. The molecular weight excluding hydrogens is 416 g/mol. The second-order valence-corrected chi connectivity index (χ2v) is 7.28. The van der Waals surface area contributed by atoms with Crippen LogP contribution in [0.25, 0.3) is 0 Å². The molecule has 8 heteroatoms. The highest BCUT2D eigenvalue weighted by atomic mass is 16.6. The van der Waals surface area contributed by atoms with Gasteiger partial charge in [0.05, 0.1) is 11.7 Å². The van der Waals surface area contributed by atoms with E-state index in [-0.39, 0.29) is 36.5 Å². The van der Waals surface area contributed by atoms with Crippen LogP contribution in [0.4, 0.5) is 0 Å². The van der Waals surface area contributed by atoms with Gasteiger partial charge in [0.25, 0.3) is 0 Å². The maximum atomic E-state index is 11.6. The first-order valence-corrected chi connectivity index (χ1v) is 9.68. The van der Waals surface area contributed by atoms with Crippen molar-refractivity contribution in [3.63, 3.8) is 0 Å². The number of carbonyl (C=O) groups is 4. The summed E-state index contributed by atoms with van der Waals surface area (Å²) in [4.78, 5) is 45.2. The summed E-state index contributed by atoms with van der Waals surface area (Å²) in [6.45, 7) is 24.8. The van der Waals surface area contributed by atoms with E-state index in [1.807, 2.05) is 6.92 Å². The van der Waals surface area contributed by atoms with E-state index in [0.29, 0.717) is 12.0 Å². The molecule has 0 bridgehead atoms. The Morgan fingerprint density at radius 2 is 0.938 bits per heavy atom. The van der Waals surface area contributed by atoms with Crippen LogP contribution < -0.4 is 0 Å². The minimum absolute atomic E-state index is 0.0812. The maximum absolute atomic E-state index is 11.6. The van der Waals surface area contributed by atoms with Gasteiger partial charge in [-0.1, -0.05) is 39.8 Å². The lowest BCUT2D eigenvalue weighted by molar-refractivity contribution is -0.157. The van der Waals surface area contributed by atoms with E-state index in [9.17, 15) is 19.2 Å². The molecule has 0 aromatic heterocycles. The van der Waals surface area contributed by atoms with Crippen LogP contribution in [0.1, 0.15) is 41.0 Å². The third-order valence-electron chi connectivity index (χ3n) is 3.86. The first-order chi connectivity index (χ1) is 14.7. The van der Waals surface area contributed by atoms with Crippen LogP contribution in [0.15, 0.2) is 61.4 Å². The van der Waals surface area contributed by atoms with Gasteiger partial charge in [-0.15, -0.1) is 0 Å². The van der Waals surface area contributed by atoms with Crippen molar-refractivity contribution in [2.24, 2.45) is 5.41 Å². The molecular formula is C24H34O8. The molecule has 0 fully saturated rings. The SMILES string of the molecule is C=C(C)C(=O)OCC(CC)(COC(=O)C(=C)C)COC(=O)C(=C)C.C=COC(=O)C(=C)C. The number of esters is 4. The summed E-state index contributed by atoms with van der Waals surface area (Å²) in [6.07, 6.45) is 1.53. The molecule has 0 unspecified atom stereocenters. The molecule has 0 aliphatic heterocycles. The summed E-state index contributed by atoms with van der Waals surface area (Å²) in [5.74, 6) is -2.12. The van der Waals surface area contributed by atoms with Crippen molar-refractivity contribution >= 4 is 23.9 Å². The van der Waals surface area contributed by atoms with Crippen molar-refractivity contribution in [1.29, 1.82) is 0 Å². The van der Waals surface area contributed by atoms with Crippen LogP contribution in [0.5, 0.6) is 0 Å². The summed E-state index contributed by atoms with van der Waals surface area (Å²) in [6, 6.07) is 0. The first kappa shape index (κ1) is 30.8. The van der Waals surface area contributed by atoms with Crippen molar-refractivity contribution in [1.82, 2.24) is 0 Å².